The Morgan fingerprint density at radius 3 is 2.72 bits per heavy atom. The van der Waals surface area contributed by atoms with Crippen molar-refractivity contribution in [1.29, 1.82) is 0 Å². The molecule has 1 aromatic heterocycles. The van der Waals surface area contributed by atoms with E-state index in [0.29, 0.717) is 18.4 Å². The maximum atomic E-state index is 11.4. The third kappa shape index (κ3) is 5.12. The summed E-state index contributed by atoms with van der Waals surface area (Å²) in [5, 5.41) is 6.15. The van der Waals surface area contributed by atoms with Crippen LogP contribution in [-0.2, 0) is 4.79 Å². The SMILES string of the molecule is O=C(CCCCCNc1ncccn1)NC1CC1. The molecule has 1 heterocycles. The minimum Gasteiger partial charge on any atom is -0.354 e. The van der Waals surface area contributed by atoms with Gasteiger partial charge >= 0.3 is 0 Å². The molecule has 1 amide bonds. The molecule has 0 aliphatic heterocycles. The molecule has 1 aromatic rings. The fraction of sp³-hybridized carbons (Fsp3) is 0.615. The van der Waals surface area contributed by atoms with E-state index >= 15 is 0 Å². The molecule has 2 rings (SSSR count). The predicted octanol–water partition coefficient (Wildman–Crippen LogP) is 1.73. The summed E-state index contributed by atoms with van der Waals surface area (Å²) in [6, 6.07) is 2.28. The zero-order valence-corrected chi connectivity index (χ0v) is 10.6. The van der Waals surface area contributed by atoms with Gasteiger partial charge in [-0.05, 0) is 31.7 Å². The van der Waals surface area contributed by atoms with Crippen molar-refractivity contribution < 1.29 is 4.79 Å². The summed E-state index contributed by atoms with van der Waals surface area (Å²) < 4.78 is 0. The molecule has 1 aliphatic carbocycles. The summed E-state index contributed by atoms with van der Waals surface area (Å²) in [5.74, 6) is 0.876. The number of rotatable bonds is 8. The number of aromatic nitrogens is 2. The number of unbranched alkanes of at least 4 members (excludes halogenated alkanes) is 2. The fourth-order valence-corrected chi connectivity index (χ4v) is 1.71. The molecule has 98 valence electrons. The van der Waals surface area contributed by atoms with E-state index in [-0.39, 0.29) is 5.91 Å². The van der Waals surface area contributed by atoms with Crippen molar-refractivity contribution in [3.05, 3.63) is 18.5 Å². The van der Waals surface area contributed by atoms with E-state index in [1.165, 1.54) is 0 Å². The van der Waals surface area contributed by atoms with Crippen molar-refractivity contribution in [2.75, 3.05) is 11.9 Å². The molecule has 1 saturated carbocycles. The Hall–Kier alpha value is -1.65. The maximum absolute atomic E-state index is 11.4. The second-order valence-corrected chi connectivity index (χ2v) is 4.65. The highest BCUT2D eigenvalue weighted by Gasteiger charge is 2.22. The second kappa shape index (κ2) is 6.93. The summed E-state index contributed by atoms with van der Waals surface area (Å²) in [5.41, 5.74) is 0. The first-order valence-electron chi connectivity index (χ1n) is 6.65. The molecule has 0 aromatic carbocycles. The van der Waals surface area contributed by atoms with Gasteiger partial charge in [0.05, 0.1) is 0 Å². The molecule has 18 heavy (non-hydrogen) atoms. The third-order valence-corrected chi connectivity index (χ3v) is 2.87. The van der Waals surface area contributed by atoms with Gasteiger partial charge in [0.15, 0.2) is 0 Å². The molecule has 0 saturated heterocycles. The van der Waals surface area contributed by atoms with Crippen LogP contribution in [0.5, 0.6) is 0 Å². The number of nitrogens with zero attached hydrogens (tertiary/aromatic N) is 2. The fourth-order valence-electron chi connectivity index (χ4n) is 1.71. The van der Waals surface area contributed by atoms with Crippen molar-refractivity contribution in [3.63, 3.8) is 0 Å². The van der Waals surface area contributed by atoms with Crippen molar-refractivity contribution in [2.24, 2.45) is 0 Å². The molecule has 0 radical (unpaired) electrons. The highest BCUT2D eigenvalue weighted by Crippen LogP contribution is 2.18. The Balaban J connectivity index is 1.45. The Labute approximate surface area is 107 Å². The summed E-state index contributed by atoms with van der Waals surface area (Å²) in [6.45, 7) is 0.855. The Morgan fingerprint density at radius 1 is 1.22 bits per heavy atom. The summed E-state index contributed by atoms with van der Waals surface area (Å²) >= 11 is 0. The van der Waals surface area contributed by atoms with Crippen molar-refractivity contribution in [3.8, 4) is 0 Å². The highest BCUT2D eigenvalue weighted by molar-refractivity contribution is 5.76. The van der Waals surface area contributed by atoms with Crippen molar-refractivity contribution >= 4 is 11.9 Å². The molecule has 0 spiro atoms. The number of carbonyl (C=O) groups is 1. The van der Waals surface area contributed by atoms with Crippen LogP contribution in [0.3, 0.4) is 0 Å². The number of carbonyl (C=O) groups excluding carboxylic acids is 1. The summed E-state index contributed by atoms with van der Waals surface area (Å²) in [4.78, 5) is 19.6. The molecule has 1 aliphatic rings. The van der Waals surface area contributed by atoms with Gasteiger partial charge < -0.3 is 10.6 Å². The van der Waals surface area contributed by atoms with E-state index in [2.05, 4.69) is 20.6 Å². The first kappa shape index (κ1) is 12.8. The van der Waals surface area contributed by atoms with Gasteiger partial charge in [-0.2, -0.15) is 0 Å². The Morgan fingerprint density at radius 2 is 2.00 bits per heavy atom. The number of amides is 1. The largest absolute Gasteiger partial charge is 0.354 e. The Kier molecular flexibility index (Phi) is 4.93. The average Bonchev–Trinajstić information content (AvgIpc) is 3.19. The van der Waals surface area contributed by atoms with Gasteiger partial charge in [-0.3, -0.25) is 4.79 Å². The quantitative estimate of drug-likeness (QED) is 0.687. The predicted molar refractivity (Wildman–Crippen MR) is 70.2 cm³/mol. The minimum atomic E-state index is 0.205. The molecule has 0 atom stereocenters. The lowest BCUT2D eigenvalue weighted by Crippen LogP contribution is -2.24. The number of anilines is 1. The molecule has 0 bridgehead atoms. The van der Waals surface area contributed by atoms with Gasteiger partial charge in [0, 0.05) is 31.4 Å². The van der Waals surface area contributed by atoms with Gasteiger partial charge in [-0.1, -0.05) is 6.42 Å². The normalized spacial score (nSPS) is 14.2. The smallest absolute Gasteiger partial charge is 0.222 e. The lowest BCUT2D eigenvalue weighted by Gasteiger charge is -2.04. The molecular weight excluding hydrogens is 228 g/mol. The van der Waals surface area contributed by atoms with Crippen LogP contribution in [0.1, 0.15) is 38.5 Å². The van der Waals surface area contributed by atoms with Gasteiger partial charge in [-0.15, -0.1) is 0 Å². The third-order valence-electron chi connectivity index (χ3n) is 2.87. The first-order valence-corrected chi connectivity index (χ1v) is 6.65. The average molecular weight is 248 g/mol. The molecule has 2 N–H and O–H groups in total. The topological polar surface area (TPSA) is 66.9 Å². The lowest BCUT2D eigenvalue weighted by molar-refractivity contribution is -0.121. The van der Waals surface area contributed by atoms with Crippen LogP contribution < -0.4 is 10.6 Å². The number of hydrogen-bond acceptors (Lipinski definition) is 4. The molecule has 1 fully saturated rings. The van der Waals surface area contributed by atoms with Crippen LogP contribution in [0, 0.1) is 0 Å². The first-order chi connectivity index (χ1) is 8.84. The summed E-state index contributed by atoms with van der Waals surface area (Å²) in [6.07, 6.45) is 9.45. The number of nitrogens with one attached hydrogen (secondary N) is 2. The van der Waals surface area contributed by atoms with Crippen molar-refractivity contribution in [1.82, 2.24) is 15.3 Å². The van der Waals surface area contributed by atoms with Crippen LogP contribution >= 0.6 is 0 Å². The van der Waals surface area contributed by atoms with Gasteiger partial charge in [0.2, 0.25) is 11.9 Å². The van der Waals surface area contributed by atoms with Crippen LogP contribution in [0.4, 0.5) is 5.95 Å². The van der Waals surface area contributed by atoms with E-state index in [1.807, 2.05) is 0 Å². The van der Waals surface area contributed by atoms with E-state index in [9.17, 15) is 4.79 Å². The standard InChI is InChI=1S/C13H20N4O/c18-12(17-11-6-7-11)5-2-1-3-8-14-13-15-9-4-10-16-13/h4,9-11H,1-3,5-8H2,(H,17,18)(H,14,15,16). The van der Waals surface area contributed by atoms with E-state index in [1.54, 1.807) is 18.5 Å². The number of hydrogen-bond donors (Lipinski definition) is 2. The maximum Gasteiger partial charge on any atom is 0.222 e. The van der Waals surface area contributed by atoms with Crippen LogP contribution in [0.15, 0.2) is 18.5 Å². The van der Waals surface area contributed by atoms with Crippen LogP contribution in [0.25, 0.3) is 0 Å². The molecule has 5 nitrogen and oxygen atoms in total. The lowest BCUT2D eigenvalue weighted by atomic mass is 10.2. The molecule has 5 heteroatoms. The Bertz CT molecular complexity index is 365. The zero-order chi connectivity index (χ0) is 12.6. The monoisotopic (exact) mass is 248 g/mol. The van der Waals surface area contributed by atoms with E-state index < -0.39 is 0 Å². The van der Waals surface area contributed by atoms with Crippen LogP contribution in [-0.4, -0.2) is 28.5 Å². The molecular formula is C13H20N4O. The van der Waals surface area contributed by atoms with E-state index in [0.717, 1.165) is 38.6 Å². The highest BCUT2D eigenvalue weighted by atomic mass is 16.1. The van der Waals surface area contributed by atoms with Crippen LogP contribution in [0.2, 0.25) is 0 Å². The minimum absolute atomic E-state index is 0.205. The van der Waals surface area contributed by atoms with Gasteiger partial charge in [0.1, 0.15) is 0 Å². The summed E-state index contributed by atoms with van der Waals surface area (Å²) in [7, 11) is 0. The van der Waals surface area contributed by atoms with Gasteiger partial charge in [-0.25, -0.2) is 9.97 Å². The van der Waals surface area contributed by atoms with E-state index in [4.69, 9.17) is 0 Å². The van der Waals surface area contributed by atoms with Crippen molar-refractivity contribution in [2.45, 2.75) is 44.6 Å². The van der Waals surface area contributed by atoms with Gasteiger partial charge in [0.25, 0.3) is 0 Å². The zero-order valence-electron chi connectivity index (χ0n) is 10.6. The molecule has 0 unspecified atom stereocenters. The second-order valence-electron chi connectivity index (χ2n) is 4.65.